The quantitative estimate of drug-likeness (QED) is 0.853. The topological polar surface area (TPSA) is 37.3 Å². The molecule has 0 saturated carbocycles. The Labute approximate surface area is 115 Å². The molecule has 0 spiro atoms. The minimum absolute atomic E-state index is 0.0126. The average Bonchev–Trinajstić information content (AvgIpc) is 2.38. The van der Waals surface area contributed by atoms with Gasteiger partial charge in [-0.2, -0.15) is 0 Å². The molecular formula is C15H13FO2S. The molecule has 0 fully saturated rings. The molecule has 0 amide bonds. The predicted molar refractivity (Wildman–Crippen MR) is 74.1 cm³/mol. The lowest BCUT2D eigenvalue weighted by Gasteiger charge is -2.08. The van der Waals surface area contributed by atoms with Crippen molar-refractivity contribution in [3.63, 3.8) is 0 Å². The number of halogens is 1. The first-order valence-electron chi connectivity index (χ1n) is 5.78. The molecule has 2 aromatic rings. The molecule has 98 valence electrons. The van der Waals surface area contributed by atoms with Crippen molar-refractivity contribution in [2.24, 2.45) is 0 Å². The summed E-state index contributed by atoms with van der Waals surface area (Å²) in [5, 5.41) is 9.06. The van der Waals surface area contributed by atoms with E-state index in [-0.39, 0.29) is 5.56 Å². The Morgan fingerprint density at radius 2 is 2.00 bits per heavy atom. The summed E-state index contributed by atoms with van der Waals surface area (Å²) in [5.74, 6) is -0.970. The monoisotopic (exact) mass is 276 g/mol. The summed E-state index contributed by atoms with van der Waals surface area (Å²) in [4.78, 5) is 11.7. The van der Waals surface area contributed by atoms with Crippen LogP contribution in [0.4, 0.5) is 4.39 Å². The van der Waals surface area contributed by atoms with E-state index in [4.69, 9.17) is 5.11 Å². The van der Waals surface area contributed by atoms with Gasteiger partial charge in [0, 0.05) is 10.6 Å². The Balaban J connectivity index is 2.20. The molecule has 0 heterocycles. The van der Waals surface area contributed by atoms with Crippen LogP contribution in [0.2, 0.25) is 0 Å². The van der Waals surface area contributed by atoms with Gasteiger partial charge in [-0.1, -0.05) is 24.3 Å². The van der Waals surface area contributed by atoms with Crippen molar-refractivity contribution in [1.29, 1.82) is 0 Å². The third kappa shape index (κ3) is 3.35. The molecule has 4 heteroatoms. The maximum atomic E-state index is 13.1. The molecule has 0 bridgehead atoms. The van der Waals surface area contributed by atoms with Crippen LogP contribution in [0, 0.1) is 12.7 Å². The van der Waals surface area contributed by atoms with Crippen LogP contribution in [0.5, 0.6) is 0 Å². The Bertz CT molecular complexity index is 611. The van der Waals surface area contributed by atoms with Crippen LogP contribution in [-0.2, 0) is 5.75 Å². The van der Waals surface area contributed by atoms with E-state index < -0.39 is 11.8 Å². The van der Waals surface area contributed by atoms with Gasteiger partial charge in [0.15, 0.2) is 0 Å². The Kier molecular flexibility index (Phi) is 4.22. The van der Waals surface area contributed by atoms with Crippen LogP contribution < -0.4 is 0 Å². The van der Waals surface area contributed by atoms with E-state index in [0.29, 0.717) is 10.6 Å². The highest BCUT2D eigenvalue weighted by atomic mass is 32.2. The molecule has 1 N–H and O–H groups in total. The van der Waals surface area contributed by atoms with Gasteiger partial charge in [0.1, 0.15) is 5.82 Å². The zero-order valence-electron chi connectivity index (χ0n) is 10.4. The van der Waals surface area contributed by atoms with Crippen LogP contribution in [-0.4, -0.2) is 11.1 Å². The first kappa shape index (κ1) is 13.6. The first-order valence-corrected chi connectivity index (χ1v) is 6.76. The fourth-order valence-electron chi connectivity index (χ4n) is 1.72. The van der Waals surface area contributed by atoms with Crippen molar-refractivity contribution in [2.75, 3.05) is 0 Å². The Hall–Kier alpha value is -1.81. The number of aromatic carboxylic acids is 1. The molecule has 0 atom stereocenters. The second-order valence-electron chi connectivity index (χ2n) is 4.16. The van der Waals surface area contributed by atoms with E-state index in [0.717, 1.165) is 17.2 Å². The average molecular weight is 276 g/mol. The van der Waals surface area contributed by atoms with E-state index in [9.17, 15) is 9.18 Å². The number of thioether (sulfide) groups is 1. The molecule has 0 radical (unpaired) electrons. The van der Waals surface area contributed by atoms with Crippen molar-refractivity contribution in [1.82, 2.24) is 0 Å². The van der Waals surface area contributed by atoms with Gasteiger partial charge in [-0.3, -0.25) is 0 Å². The van der Waals surface area contributed by atoms with Gasteiger partial charge in [0.2, 0.25) is 0 Å². The highest BCUT2D eigenvalue weighted by molar-refractivity contribution is 7.98. The number of rotatable bonds is 4. The fourth-order valence-corrected chi connectivity index (χ4v) is 2.82. The normalized spacial score (nSPS) is 10.4. The fraction of sp³-hybridized carbons (Fsp3) is 0.133. The number of hydrogen-bond acceptors (Lipinski definition) is 2. The summed E-state index contributed by atoms with van der Waals surface area (Å²) in [6, 6.07) is 11.8. The second-order valence-corrected chi connectivity index (χ2v) is 5.18. The molecule has 0 saturated heterocycles. The van der Waals surface area contributed by atoms with Crippen molar-refractivity contribution in [3.8, 4) is 0 Å². The maximum absolute atomic E-state index is 13.1. The standard InChI is InChI=1S/C15H13FO2S/c1-10-4-2-3-5-11(10)9-19-14-7-6-12(16)8-13(14)15(17)18/h2-8H,9H2,1H3,(H,17,18). The Morgan fingerprint density at radius 1 is 1.26 bits per heavy atom. The minimum atomic E-state index is -1.10. The number of hydrogen-bond donors (Lipinski definition) is 1. The van der Waals surface area contributed by atoms with Crippen LogP contribution >= 0.6 is 11.8 Å². The highest BCUT2D eigenvalue weighted by Crippen LogP contribution is 2.28. The number of carbonyl (C=O) groups is 1. The summed E-state index contributed by atoms with van der Waals surface area (Å²) in [6.45, 7) is 2.01. The third-order valence-electron chi connectivity index (χ3n) is 2.82. The zero-order chi connectivity index (χ0) is 13.8. The molecule has 0 aliphatic carbocycles. The first-order chi connectivity index (χ1) is 9.08. The zero-order valence-corrected chi connectivity index (χ0v) is 11.2. The highest BCUT2D eigenvalue weighted by Gasteiger charge is 2.12. The van der Waals surface area contributed by atoms with Crippen molar-refractivity contribution < 1.29 is 14.3 Å². The molecule has 2 aromatic carbocycles. The van der Waals surface area contributed by atoms with Crippen molar-refractivity contribution in [2.45, 2.75) is 17.6 Å². The van der Waals surface area contributed by atoms with Gasteiger partial charge in [-0.05, 0) is 36.2 Å². The summed E-state index contributed by atoms with van der Waals surface area (Å²) in [6.07, 6.45) is 0. The number of carboxylic acid groups (broad SMARTS) is 1. The van der Waals surface area contributed by atoms with Gasteiger partial charge in [0.25, 0.3) is 0 Å². The summed E-state index contributed by atoms with van der Waals surface area (Å²) in [7, 11) is 0. The summed E-state index contributed by atoms with van der Waals surface area (Å²) >= 11 is 1.40. The molecule has 2 rings (SSSR count). The van der Waals surface area contributed by atoms with Gasteiger partial charge >= 0.3 is 5.97 Å². The van der Waals surface area contributed by atoms with E-state index in [1.54, 1.807) is 0 Å². The van der Waals surface area contributed by atoms with Crippen LogP contribution in [0.15, 0.2) is 47.4 Å². The van der Waals surface area contributed by atoms with E-state index in [2.05, 4.69) is 0 Å². The number of carboxylic acids is 1. The summed E-state index contributed by atoms with van der Waals surface area (Å²) < 4.78 is 13.1. The van der Waals surface area contributed by atoms with Crippen molar-refractivity contribution >= 4 is 17.7 Å². The lowest BCUT2D eigenvalue weighted by molar-refractivity contribution is 0.0692. The molecule has 19 heavy (non-hydrogen) atoms. The third-order valence-corrected chi connectivity index (χ3v) is 3.94. The van der Waals surface area contributed by atoms with Gasteiger partial charge < -0.3 is 5.11 Å². The van der Waals surface area contributed by atoms with E-state index >= 15 is 0 Å². The molecule has 0 unspecified atom stereocenters. The Morgan fingerprint density at radius 3 is 2.68 bits per heavy atom. The molecule has 0 aliphatic heterocycles. The molecule has 0 aromatic heterocycles. The molecular weight excluding hydrogens is 263 g/mol. The van der Waals surface area contributed by atoms with Gasteiger partial charge in [-0.25, -0.2) is 9.18 Å². The van der Waals surface area contributed by atoms with Crippen LogP contribution in [0.1, 0.15) is 21.5 Å². The SMILES string of the molecule is Cc1ccccc1CSc1ccc(F)cc1C(=O)O. The smallest absolute Gasteiger partial charge is 0.336 e. The molecule has 0 aliphatic rings. The van der Waals surface area contributed by atoms with Gasteiger partial charge in [0.05, 0.1) is 5.56 Å². The number of aryl methyl sites for hydroxylation is 1. The molecule has 2 nitrogen and oxygen atoms in total. The number of benzene rings is 2. The van der Waals surface area contributed by atoms with E-state index in [1.165, 1.54) is 23.9 Å². The predicted octanol–water partition coefficient (Wildman–Crippen LogP) is 4.12. The van der Waals surface area contributed by atoms with Gasteiger partial charge in [-0.15, -0.1) is 11.8 Å². The van der Waals surface area contributed by atoms with E-state index in [1.807, 2.05) is 31.2 Å². The largest absolute Gasteiger partial charge is 0.478 e. The minimum Gasteiger partial charge on any atom is -0.478 e. The lowest BCUT2D eigenvalue weighted by atomic mass is 10.1. The second kappa shape index (κ2) is 5.89. The maximum Gasteiger partial charge on any atom is 0.336 e. The van der Waals surface area contributed by atoms with Crippen molar-refractivity contribution in [3.05, 3.63) is 65.0 Å². The van der Waals surface area contributed by atoms with Crippen LogP contribution in [0.25, 0.3) is 0 Å². The lowest BCUT2D eigenvalue weighted by Crippen LogP contribution is -2.00. The van der Waals surface area contributed by atoms with Crippen LogP contribution in [0.3, 0.4) is 0 Å². The summed E-state index contributed by atoms with van der Waals surface area (Å²) in [5.41, 5.74) is 2.32.